The number of thiophene rings is 1. The molecular weight excluding hydrogens is 340 g/mol. The first-order valence-electron chi connectivity index (χ1n) is 8.76. The van der Waals surface area contributed by atoms with Gasteiger partial charge in [0.15, 0.2) is 0 Å². The van der Waals surface area contributed by atoms with Crippen molar-refractivity contribution >= 4 is 44.4 Å². The Labute approximate surface area is 156 Å². The second-order valence-electron chi connectivity index (χ2n) is 6.40. The highest BCUT2D eigenvalue weighted by molar-refractivity contribution is 7.18. The van der Waals surface area contributed by atoms with Crippen LogP contribution in [0, 0.1) is 5.41 Å². The molecule has 0 fully saturated rings. The van der Waals surface area contributed by atoms with Crippen molar-refractivity contribution in [2.24, 2.45) is 0 Å². The molecule has 3 N–H and O–H groups in total. The van der Waals surface area contributed by atoms with E-state index in [-0.39, 0.29) is 0 Å². The van der Waals surface area contributed by atoms with Gasteiger partial charge < -0.3 is 11.1 Å². The Morgan fingerprint density at radius 1 is 1.00 bits per heavy atom. The molecule has 0 spiro atoms. The number of hydrogen-bond acceptors (Lipinski definition) is 5. The fourth-order valence-electron chi connectivity index (χ4n) is 3.41. The summed E-state index contributed by atoms with van der Waals surface area (Å²) in [5.41, 5.74) is 8.24. The van der Waals surface area contributed by atoms with Crippen molar-refractivity contribution in [2.75, 3.05) is 5.73 Å². The van der Waals surface area contributed by atoms with Crippen molar-refractivity contribution in [2.45, 2.75) is 25.7 Å². The van der Waals surface area contributed by atoms with Crippen LogP contribution in [0.2, 0.25) is 0 Å². The number of rotatable bonds is 1. The molecule has 4 nitrogen and oxygen atoms in total. The van der Waals surface area contributed by atoms with Crippen LogP contribution in [-0.4, -0.2) is 16.2 Å². The van der Waals surface area contributed by atoms with Gasteiger partial charge in [0.25, 0.3) is 0 Å². The molecule has 0 atom stereocenters. The summed E-state index contributed by atoms with van der Waals surface area (Å²) in [5.74, 6) is 0.648. The van der Waals surface area contributed by atoms with Gasteiger partial charge in [-0.15, -0.1) is 11.3 Å². The average Bonchev–Trinajstić information content (AvgIpc) is 3.08. The van der Waals surface area contributed by atoms with Gasteiger partial charge in [0, 0.05) is 11.1 Å². The molecule has 0 unspecified atom stereocenters. The van der Waals surface area contributed by atoms with E-state index in [0.29, 0.717) is 5.82 Å². The molecule has 130 valence electrons. The van der Waals surface area contributed by atoms with Crippen LogP contribution in [0.5, 0.6) is 0 Å². The van der Waals surface area contributed by atoms with E-state index in [4.69, 9.17) is 11.1 Å². The van der Waals surface area contributed by atoms with Gasteiger partial charge in [0.05, 0.1) is 5.39 Å². The smallest absolute Gasteiger partial charge is 0.135 e. The lowest BCUT2D eigenvalue weighted by Crippen LogP contribution is -2.00. The van der Waals surface area contributed by atoms with Crippen molar-refractivity contribution in [1.82, 2.24) is 9.97 Å². The third kappa shape index (κ3) is 3.18. The maximum absolute atomic E-state index is 7.09. The summed E-state index contributed by atoms with van der Waals surface area (Å²) in [6, 6.07) is 14.2. The second-order valence-corrected chi connectivity index (χ2v) is 7.48. The third-order valence-electron chi connectivity index (χ3n) is 4.72. The van der Waals surface area contributed by atoms with Crippen LogP contribution in [0.3, 0.4) is 0 Å². The number of benzene rings is 2. The molecule has 0 aliphatic heterocycles. The number of fused-ring (bicyclic) bond motifs is 4. The van der Waals surface area contributed by atoms with Crippen LogP contribution in [0.4, 0.5) is 5.82 Å². The summed E-state index contributed by atoms with van der Waals surface area (Å²) in [6.45, 7) is 0. The fourth-order valence-corrected chi connectivity index (χ4v) is 4.65. The highest BCUT2D eigenvalue weighted by Gasteiger charge is 2.18. The molecule has 5 rings (SSSR count). The van der Waals surface area contributed by atoms with Gasteiger partial charge in [-0.3, -0.25) is 0 Å². The standard InChI is InChI=1S/C11H9N.C10H11N3S/c12-8-9-5-6-10-3-1-2-4-11(10)7-9;11-9-8-6-3-1-2-4-7(6)14-10(8)13-5-12-9/h1-8,12H;5H,1-4H2,(H2,11,12,13). The van der Waals surface area contributed by atoms with E-state index in [0.717, 1.165) is 22.2 Å². The van der Waals surface area contributed by atoms with Crippen LogP contribution < -0.4 is 5.73 Å². The van der Waals surface area contributed by atoms with Crippen LogP contribution in [0.25, 0.3) is 21.0 Å². The van der Waals surface area contributed by atoms with Crippen molar-refractivity contribution in [3.05, 3.63) is 64.8 Å². The third-order valence-corrected chi connectivity index (χ3v) is 5.92. The molecule has 0 radical (unpaired) electrons. The molecule has 0 saturated carbocycles. The minimum Gasteiger partial charge on any atom is -0.383 e. The van der Waals surface area contributed by atoms with Gasteiger partial charge >= 0.3 is 0 Å². The minimum absolute atomic E-state index is 0.648. The first-order chi connectivity index (χ1) is 12.8. The van der Waals surface area contributed by atoms with Crippen LogP contribution in [0.1, 0.15) is 28.8 Å². The van der Waals surface area contributed by atoms with Crippen molar-refractivity contribution < 1.29 is 0 Å². The molecule has 1 aliphatic rings. The molecule has 5 heteroatoms. The zero-order valence-electron chi connectivity index (χ0n) is 14.4. The molecule has 2 aromatic heterocycles. The molecule has 4 aromatic rings. The Balaban J connectivity index is 0.000000131. The normalized spacial score (nSPS) is 13.1. The number of nitrogens with two attached hydrogens (primary N) is 1. The number of nitrogens with one attached hydrogen (secondary N) is 1. The largest absolute Gasteiger partial charge is 0.383 e. The summed E-state index contributed by atoms with van der Waals surface area (Å²) in [5, 5.41) is 10.6. The Morgan fingerprint density at radius 3 is 2.65 bits per heavy atom. The predicted molar refractivity (Wildman–Crippen MR) is 110 cm³/mol. The van der Waals surface area contributed by atoms with Crippen LogP contribution in [0.15, 0.2) is 48.8 Å². The van der Waals surface area contributed by atoms with Crippen LogP contribution >= 0.6 is 11.3 Å². The molecular formula is C21H20N4S. The Morgan fingerprint density at radius 2 is 1.81 bits per heavy atom. The van der Waals surface area contributed by atoms with E-state index in [1.165, 1.54) is 46.7 Å². The first-order valence-corrected chi connectivity index (χ1v) is 9.58. The van der Waals surface area contributed by atoms with Gasteiger partial charge in [-0.05, 0) is 53.6 Å². The topological polar surface area (TPSA) is 75.7 Å². The summed E-state index contributed by atoms with van der Waals surface area (Å²) >= 11 is 1.78. The maximum atomic E-state index is 7.09. The fraction of sp³-hybridized carbons (Fsp3) is 0.190. The molecule has 0 saturated heterocycles. The van der Waals surface area contributed by atoms with Gasteiger partial charge in [0.1, 0.15) is 17.0 Å². The predicted octanol–water partition coefficient (Wildman–Crippen LogP) is 4.99. The van der Waals surface area contributed by atoms with Gasteiger partial charge in [-0.1, -0.05) is 36.4 Å². The maximum Gasteiger partial charge on any atom is 0.135 e. The van der Waals surface area contributed by atoms with Crippen LogP contribution in [-0.2, 0) is 12.8 Å². The van der Waals surface area contributed by atoms with Gasteiger partial charge in [0.2, 0.25) is 0 Å². The second kappa shape index (κ2) is 7.22. The number of aryl methyl sites for hydroxylation is 2. The zero-order valence-corrected chi connectivity index (χ0v) is 15.2. The zero-order chi connectivity index (χ0) is 17.9. The molecule has 2 aromatic carbocycles. The summed E-state index contributed by atoms with van der Waals surface area (Å²) in [6.07, 6.45) is 7.83. The first kappa shape index (κ1) is 16.7. The lowest BCUT2D eigenvalue weighted by Gasteiger charge is -2.10. The molecule has 26 heavy (non-hydrogen) atoms. The number of hydrogen-bond donors (Lipinski definition) is 2. The van der Waals surface area contributed by atoms with Crippen molar-refractivity contribution in [3.63, 3.8) is 0 Å². The van der Waals surface area contributed by atoms with E-state index in [1.807, 2.05) is 30.3 Å². The minimum atomic E-state index is 0.648. The van der Waals surface area contributed by atoms with E-state index >= 15 is 0 Å². The summed E-state index contributed by atoms with van der Waals surface area (Å²) in [7, 11) is 0. The van der Waals surface area contributed by atoms with E-state index in [1.54, 1.807) is 17.7 Å². The Bertz CT molecular complexity index is 1080. The number of anilines is 1. The highest BCUT2D eigenvalue weighted by atomic mass is 32.1. The Hall–Kier alpha value is -2.79. The van der Waals surface area contributed by atoms with Gasteiger partial charge in [-0.2, -0.15) is 0 Å². The number of nitrogen functional groups attached to an aromatic ring is 1. The average molecular weight is 360 g/mol. The highest BCUT2D eigenvalue weighted by Crippen LogP contribution is 2.36. The summed E-state index contributed by atoms with van der Waals surface area (Å²) in [4.78, 5) is 10.9. The van der Waals surface area contributed by atoms with Crippen molar-refractivity contribution in [1.29, 1.82) is 5.41 Å². The number of aromatic nitrogens is 2. The quantitative estimate of drug-likeness (QED) is 0.470. The lowest BCUT2D eigenvalue weighted by molar-refractivity contribution is 0.700. The summed E-state index contributed by atoms with van der Waals surface area (Å²) < 4.78 is 0. The molecule has 1 aliphatic carbocycles. The Kier molecular flexibility index (Phi) is 4.63. The monoisotopic (exact) mass is 360 g/mol. The SMILES string of the molecule is N=Cc1ccc2ccccc2c1.Nc1ncnc2sc3c(c12)CCCC3. The van der Waals surface area contributed by atoms with E-state index in [9.17, 15) is 0 Å². The van der Waals surface area contributed by atoms with Crippen molar-refractivity contribution in [3.8, 4) is 0 Å². The molecule has 0 amide bonds. The molecule has 2 heterocycles. The molecule has 0 bridgehead atoms. The van der Waals surface area contributed by atoms with E-state index in [2.05, 4.69) is 22.1 Å². The lowest BCUT2D eigenvalue weighted by atomic mass is 9.97. The van der Waals surface area contributed by atoms with E-state index < -0.39 is 0 Å². The number of nitrogens with zero attached hydrogens (tertiary/aromatic N) is 2. The van der Waals surface area contributed by atoms with Gasteiger partial charge in [-0.25, -0.2) is 9.97 Å².